The zero-order valence-corrected chi connectivity index (χ0v) is 26.1. The van der Waals surface area contributed by atoms with Crippen molar-refractivity contribution in [2.75, 3.05) is 26.4 Å². The standard InChI is InChI=1S/C31H33N7O3S2/c1-20-6-5-7-26-27(20)29(40)38(4)31(32-26)43-18-21-8-10-22(11-9-21)28(39)23-12-14-24(15-13-23)41-25(16-17-37(2)3)19-42-30-33-35-36-34-30/h5-15,25H,16-19H2,1-4H3,(H,33,34,35,36). The van der Waals surface area contributed by atoms with Crippen LogP contribution in [0, 0.1) is 6.92 Å². The maximum Gasteiger partial charge on any atom is 0.262 e. The summed E-state index contributed by atoms with van der Waals surface area (Å²) >= 11 is 3.00. The van der Waals surface area contributed by atoms with Crippen LogP contribution >= 0.6 is 23.5 Å². The zero-order valence-electron chi connectivity index (χ0n) is 24.5. The SMILES string of the molecule is Cc1cccc2nc(SCc3ccc(C(=O)c4ccc(OC(CCN(C)C)CSc5nnn[nH]5)cc4)cc3)n(C)c(=O)c12. The molecule has 0 saturated carbocycles. The number of benzene rings is 3. The van der Waals surface area contributed by atoms with Gasteiger partial charge in [0, 0.05) is 36.2 Å². The van der Waals surface area contributed by atoms with Crippen LogP contribution in [0.5, 0.6) is 5.75 Å². The van der Waals surface area contributed by atoms with E-state index in [2.05, 4.69) is 25.5 Å². The number of ether oxygens (including phenoxy) is 1. The Kier molecular flexibility index (Phi) is 9.90. The van der Waals surface area contributed by atoms with Gasteiger partial charge in [-0.3, -0.25) is 14.2 Å². The molecule has 0 aliphatic heterocycles. The first-order valence-corrected chi connectivity index (χ1v) is 15.8. The van der Waals surface area contributed by atoms with Crippen molar-refractivity contribution in [3.8, 4) is 5.75 Å². The molecule has 10 nitrogen and oxygen atoms in total. The number of nitrogens with one attached hydrogen (secondary N) is 1. The monoisotopic (exact) mass is 615 g/mol. The van der Waals surface area contributed by atoms with Crippen molar-refractivity contribution in [1.29, 1.82) is 0 Å². The van der Waals surface area contributed by atoms with Crippen molar-refractivity contribution in [2.24, 2.45) is 7.05 Å². The number of hydrogen-bond acceptors (Lipinski definition) is 10. The molecular weight excluding hydrogens is 583 g/mol. The summed E-state index contributed by atoms with van der Waals surface area (Å²) in [4.78, 5) is 32.9. The molecule has 0 fully saturated rings. The number of tetrazole rings is 1. The lowest BCUT2D eigenvalue weighted by Crippen LogP contribution is -2.26. The second-order valence-electron chi connectivity index (χ2n) is 10.4. The second-order valence-corrected chi connectivity index (χ2v) is 12.4. The lowest BCUT2D eigenvalue weighted by atomic mass is 10.0. The third kappa shape index (κ3) is 7.70. The van der Waals surface area contributed by atoms with E-state index in [1.807, 2.05) is 75.6 Å². The Morgan fingerprint density at radius 3 is 2.42 bits per heavy atom. The summed E-state index contributed by atoms with van der Waals surface area (Å²) in [5.74, 6) is 1.95. The number of ketones is 1. The van der Waals surface area contributed by atoms with Crippen LogP contribution in [-0.2, 0) is 12.8 Å². The van der Waals surface area contributed by atoms with Gasteiger partial charge in [0.15, 0.2) is 10.9 Å². The first kappa shape index (κ1) is 30.5. The fraction of sp³-hybridized carbons (Fsp3) is 0.290. The lowest BCUT2D eigenvalue weighted by molar-refractivity contribution is 0.103. The van der Waals surface area contributed by atoms with Crippen LogP contribution in [0.4, 0.5) is 0 Å². The maximum absolute atomic E-state index is 13.2. The zero-order chi connectivity index (χ0) is 30.3. The summed E-state index contributed by atoms with van der Waals surface area (Å²) in [6.45, 7) is 2.80. The Balaban J connectivity index is 1.20. The number of carbonyl (C=O) groups is 1. The predicted octanol–water partition coefficient (Wildman–Crippen LogP) is 4.77. The van der Waals surface area contributed by atoms with Gasteiger partial charge in [0.25, 0.3) is 5.56 Å². The second kappa shape index (κ2) is 14.0. The first-order valence-electron chi connectivity index (χ1n) is 13.8. The molecule has 0 spiro atoms. The fourth-order valence-corrected chi connectivity index (χ4v) is 6.20. The quantitative estimate of drug-likeness (QED) is 0.113. The predicted molar refractivity (Wildman–Crippen MR) is 170 cm³/mol. The number of aryl methyl sites for hydroxylation is 1. The number of hydrogen-bond donors (Lipinski definition) is 1. The van der Waals surface area contributed by atoms with Crippen LogP contribution in [0.15, 0.2) is 81.8 Å². The minimum Gasteiger partial charge on any atom is -0.490 e. The van der Waals surface area contributed by atoms with Gasteiger partial charge >= 0.3 is 0 Å². The molecule has 2 aromatic heterocycles. The summed E-state index contributed by atoms with van der Waals surface area (Å²) in [6.07, 6.45) is 0.778. The van der Waals surface area contributed by atoms with Crippen LogP contribution in [0.1, 0.15) is 33.5 Å². The van der Waals surface area contributed by atoms with Gasteiger partial charge in [0.2, 0.25) is 5.16 Å². The molecule has 0 bridgehead atoms. The summed E-state index contributed by atoms with van der Waals surface area (Å²) in [5, 5.41) is 15.9. The van der Waals surface area contributed by atoms with Gasteiger partial charge in [-0.25, -0.2) is 10.1 Å². The van der Waals surface area contributed by atoms with E-state index < -0.39 is 0 Å². The highest BCUT2D eigenvalue weighted by Gasteiger charge is 2.16. The normalized spacial score (nSPS) is 12.1. The van der Waals surface area contributed by atoms with E-state index in [9.17, 15) is 9.59 Å². The molecule has 1 atom stereocenters. The van der Waals surface area contributed by atoms with Gasteiger partial charge in [-0.2, -0.15) is 0 Å². The minimum absolute atomic E-state index is 0.0464. The van der Waals surface area contributed by atoms with Crippen LogP contribution in [0.25, 0.3) is 10.9 Å². The van der Waals surface area contributed by atoms with E-state index in [1.54, 1.807) is 23.7 Å². The minimum atomic E-state index is -0.0581. The van der Waals surface area contributed by atoms with Crippen LogP contribution < -0.4 is 10.3 Å². The van der Waals surface area contributed by atoms with Crippen LogP contribution in [0.2, 0.25) is 0 Å². The van der Waals surface area contributed by atoms with Crippen molar-refractivity contribution in [3.05, 3.63) is 99.3 Å². The molecule has 12 heteroatoms. The molecule has 0 aliphatic rings. The molecule has 43 heavy (non-hydrogen) atoms. The molecule has 1 N–H and O–H groups in total. The van der Waals surface area contributed by atoms with Crippen molar-refractivity contribution < 1.29 is 9.53 Å². The van der Waals surface area contributed by atoms with E-state index in [1.165, 1.54) is 23.5 Å². The molecule has 222 valence electrons. The topological polar surface area (TPSA) is 119 Å². The number of aromatic nitrogens is 6. The van der Waals surface area contributed by atoms with E-state index in [-0.39, 0.29) is 17.4 Å². The molecule has 0 radical (unpaired) electrons. The van der Waals surface area contributed by atoms with Gasteiger partial charge in [-0.1, -0.05) is 59.9 Å². The maximum atomic E-state index is 13.2. The summed E-state index contributed by atoms with van der Waals surface area (Å²) in [6, 6.07) is 20.5. The van der Waals surface area contributed by atoms with E-state index >= 15 is 0 Å². The van der Waals surface area contributed by atoms with Crippen molar-refractivity contribution in [3.63, 3.8) is 0 Å². The number of H-pyrrole nitrogens is 1. The Bertz CT molecular complexity index is 1740. The highest BCUT2D eigenvalue weighted by molar-refractivity contribution is 7.99. The van der Waals surface area contributed by atoms with Gasteiger partial charge in [0.1, 0.15) is 11.9 Å². The molecule has 0 aliphatic carbocycles. The molecule has 1 unspecified atom stereocenters. The first-order chi connectivity index (χ1) is 20.8. The Labute approximate surface area is 258 Å². The molecule has 5 aromatic rings. The number of carbonyl (C=O) groups excluding carboxylic acids is 1. The van der Waals surface area contributed by atoms with Gasteiger partial charge in [0.05, 0.1) is 10.9 Å². The molecule has 2 heterocycles. The number of fused-ring (bicyclic) bond motifs is 1. The number of aromatic amines is 1. The van der Waals surface area contributed by atoms with E-state index in [0.29, 0.717) is 49.6 Å². The third-order valence-corrected chi connectivity index (χ3v) is 8.99. The highest BCUT2D eigenvalue weighted by Crippen LogP contribution is 2.24. The third-order valence-electron chi connectivity index (χ3n) is 6.91. The van der Waals surface area contributed by atoms with Crippen LogP contribution in [-0.4, -0.2) is 73.4 Å². The molecule has 3 aromatic carbocycles. The van der Waals surface area contributed by atoms with E-state index in [0.717, 1.165) is 24.1 Å². The van der Waals surface area contributed by atoms with Gasteiger partial charge < -0.3 is 9.64 Å². The summed E-state index contributed by atoms with van der Waals surface area (Å²) < 4.78 is 7.86. The van der Waals surface area contributed by atoms with Crippen molar-refractivity contribution >= 4 is 40.2 Å². The number of thioether (sulfide) groups is 2. The van der Waals surface area contributed by atoms with Crippen molar-refractivity contribution in [2.45, 2.75) is 35.5 Å². The average Bonchev–Trinajstić information content (AvgIpc) is 3.53. The lowest BCUT2D eigenvalue weighted by Gasteiger charge is -2.20. The molecule has 0 amide bonds. The average molecular weight is 616 g/mol. The largest absolute Gasteiger partial charge is 0.490 e. The molecule has 5 rings (SSSR count). The molecular formula is C31H33N7O3S2. The van der Waals surface area contributed by atoms with Gasteiger partial charge in [-0.15, -0.1) is 5.10 Å². The number of nitrogens with zero attached hydrogens (tertiary/aromatic N) is 6. The number of rotatable bonds is 13. The molecule has 0 saturated heterocycles. The fourth-order valence-electron chi connectivity index (χ4n) is 4.49. The Morgan fingerprint density at radius 1 is 1.02 bits per heavy atom. The van der Waals surface area contributed by atoms with Crippen LogP contribution in [0.3, 0.4) is 0 Å². The smallest absolute Gasteiger partial charge is 0.262 e. The summed E-state index contributed by atoms with van der Waals surface area (Å²) in [5.41, 5.74) is 3.81. The Hall–Kier alpha value is -4.00. The van der Waals surface area contributed by atoms with Gasteiger partial charge in [-0.05, 0) is 79.3 Å². The Morgan fingerprint density at radius 2 is 1.74 bits per heavy atom. The highest BCUT2D eigenvalue weighted by atomic mass is 32.2. The summed E-state index contributed by atoms with van der Waals surface area (Å²) in [7, 11) is 5.81. The van der Waals surface area contributed by atoms with Crippen molar-refractivity contribution in [1.82, 2.24) is 35.1 Å². The van der Waals surface area contributed by atoms with E-state index in [4.69, 9.17) is 9.72 Å².